The molecule has 1 aliphatic rings. The van der Waals surface area contributed by atoms with Crippen LogP contribution in [0, 0.1) is 0 Å². The SMILES string of the molecule is CCNC(=NCC(=O)NC(C)(C)C)N1CCN(Cc2ccccc2)CC1.I. The van der Waals surface area contributed by atoms with Crippen molar-refractivity contribution in [3.8, 4) is 0 Å². The molecule has 1 aliphatic heterocycles. The third-order valence-corrected chi connectivity index (χ3v) is 4.14. The Bertz CT molecular complexity index is 592. The molecule has 1 aromatic carbocycles. The van der Waals surface area contributed by atoms with Gasteiger partial charge in [-0.25, -0.2) is 4.99 Å². The van der Waals surface area contributed by atoms with Gasteiger partial charge < -0.3 is 15.5 Å². The lowest BCUT2D eigenvalue weighted by atomic mass is 10.1. The van der Waals surface area contributed by atoms with Crippen molar-refractivity contribution in [2.24, 2.45) is 4.99 Å². The number of piperazine rings is 1. The number of benzene rings is 1. The number of nitrogens with one attached hydrogen (secondary N) is 2. The van der Waals surface area contributed by atoms with Crippen LogP contribution in [0.1, 0.15) is 33.3 Å². The highest BCUT2D eigenvalue weighted by atomic mass is 127. The molecule has 2 N–H and O–H groups in total. The van der Waals surface area contributed by atoms with Crippen LogP contribution < -0.4 is 10.6 Å². The van der Waals surface area contributed by atoms with Crippen molar-refractivity contribution < 1.29 is 4.79 Å². The fourth-order valence-electron chi connectivity index (χ4n) is 2.99. The van der Waals surface area contributed by atoms with Gasteiger partial charge in [0.1, 0.15) is 6.54 Å². The van der Waals surface area contributed by atoms with Gasteiger partial charge in [0.05, 0.1) is 0 Å². The maximum atomic E-state index is 12.0. The molecule has 0 aromatic heterocycles. The molecule has 27 heavy (non-hydrogen) atoms. The highest BCUT2D eigenvalue weighted by Gasteiger charge is 2.20. The molecule has 0 unspecified atom stereocenters. The van der Waals surface area contributed by atoms with Crippen molar-refractivity contribution in [3.63, 3.8) is 0 Å². The molecular formula is C20H34IN5O. The highest BCUT2D eigenvalue weighted by molar-refractivity contribution is 14.0. The van der Waals surface area contributed by atoms with E-state index in [2.05, 4.69) is 62.7 Å². The van der Waals surface area contributed by atoms with Gasteiger partial charge in [0.25, 0.3) is 0 Å². The first-order chi connectivity index (χ1) is 12.4. The molecule has 0 radical (unpaired) electrons. The second kappa shape index (κ2) is 11.5. The van der Waals surface area contributed by atoms with Gasteiger partial charge in [0.15, 0.2) is 5.96 Å². The minimum atomic E-state index is -0.228. The summed E-state index contributed by atoms with van der Waals surface area (Å²) in [6.07, 6.45) is 0. The first kappa shape index (κ1) is 23.7. The molecule has 6 nitrogen and oxygen atoms in total. The first-order valence-corrected chi connectivity index (χ1v) is 9.48. The van der Waals surface area contributed by atoms with Crippen molar-refractivity contribution >= 4 is 35.8 Å². The number of carbonyl (C=O) groups excluding carboxylic acids is 1. The molecule has 0 spiro atoms. The molecule has 1 aromatic rings. The number of hydrogen-bond donors (Lipinski definition) is 2. The second-order valence-electron chi connectivity index (χ2n) is 7.72. The number of carbonyl (C=O) groups is 1. The highest BCUT2D eigenvalue weighted by Crippen LogP contribution is 2.08. The van der Waals surface area contributed by atoms with Gasteiger partial charge in [-0.15, -0.1) is 24.0 Å². The van der Waals surface area contributed by atoms with Crippen molar-refractivity contribution in [2.75, 3.05) is 39.3 Å². The molecular weight excluding hydrogens is 453 g/mol. The lowest BCUT2D eigenvalue weighted by Gasteiger charge is -2.36. The Morgan fingerprint density at radius 3 is 2.30 bits per heavy atom. The van der Waals surface area contributed by atoms with Crippen LogP contribution in [-0.4, -0.2) is 66.5 Å². The van der Waals surface area contributed by atoms with E-state index in [1.54, 1.807) is 0 Å². The Kier molecular flexibility index (Phi) is 10.1. The maximum absolute atomic E-state index is 12.0. The van der Waals surface area contributed by atoms with E-state index in [0.717, 1.165) is 45.2 Å². The van der Waals surface area contributed by atoms with E-state index < -0.39 is 0 Å². The minimum absolute atomic E-state index is 0. The van der Waals surface area contributed by atoms with Crippen molar-refractivity contribution in [1.82, 2.24) is 20.4 Å². The lowest BCUT2D eigenvalue weighted by molar-refractivity contribution is -0.121. The molecule has 0 atom stereocenters. The van der Waals surface area contributed by atoms with Gasteiger partial charge in [0.2, 0.25) is 5.91 Å². The molecule has 1 amide bonds. The molecule has 7 heteroatoms. The fraction of sp³-hybridized carbons (Fsp3) is 0.600. The molecule has 1 fully saturated rings. The number of aliphatic imine (C=N–C) groups is 1. The molecule has 0 bridgehead atoms. The van der Waals surface area contributed by atoms with Gasteiger partial charge in [-0.2, -0.15) is 0 Å². The summed E-state index contributed by atoms with van der Waals surface area (Å²) >= 11 is 0. The normalized spacial score (nSPS) is 15.9. The third kappa shape index (κ3) is 8.92. The molecule has 0 aliphatic carbocycles. The average molecular weight is 487 g/mol. The zero-order valence-corrected chi connectivity index (χ0v) is 19.3. The van der Waals surface area contributed by atoms with Crippen LogP contribution in [0.25, 0.3) is 0 Å². The van der Waals surface area contributed by atoms with Crippen LogP contribution >= 0.6 is 24.0 Å². The predicted octanol–water partition coefficient (Wildman–Crippen LogP) is 2.30. The zero-order chi connectivity index (χ0) is 19.0. The molecule has 1 heterocycles. The Morgan fingerprint density at radius 1 is 1.11 bits per heavy atom. The number of nitrogens with zero attached hydrogens (tertiary/aromatic N) is 3. The van der Waals surface area contributed by atoms with Gasteiger partial charge in [-0.3, -0.25) is 9.69 Å². The number of amides is 1. The molecule has 1 saturated heterocycles. The first-order valence-electron chi connectivity index (χ1n) is 9.48. The van der Waals surface area contributed by atoms with Gasteiger partial charge >= 0.3 is 0 Å². The Balaban J connectivity index is 0.00000364. The van der Waals surface area contributed by atoms with Crippen LogP contribution in [0.3, 0.4) is 0 Å². The number of guanidine groups is 1. The summed E-state index contributed by atoms with van der Waals surface area (Å²) < 4.78 is 0. The summed E-state index contributed by atoms with van der Waals surface area (Å²) in [5, 5.41) is 6.27. The van der Waals surface area contributed by atoms with E-state index >= 15 is 0 Å². The van der Waals surface area contributed by atoms with Crippen LogP contribution in [0.4, 0.5) is 0 Å². The van der Waals surface area contributed by atoms with Crippen LogP contribution in [0.2, 0.25) is 0 Å². The van der Waals surface area contributed by atoms with Crippen LogP contribution in [-0.2, 0) is 11.3 Å². The van der Waals surface area contributed by atoms with Gasteiger partial charge in [-0.05, 0) is 33.3 Å². The van der Waals surface area contributed by atoms with E-state index in [1.165, 1.54) is 5.56 Å². The molecule has 0 saturated carbocycles. The van der Waals surface area contributed by atoms with E-state index in [1.807, 2.05) is 20.8 Å². The summed E-state index contributed by atoms with van der Waals surface area (Å²) in [7, 11) is 0. The molecule has 152 valence electrons. The quantitative estimate of drug-likeness (QED) is 0.380. The lowest BCUT2D eigenvalue weighted by Crippen LogP contribution is -2.52. The van der Waals surface area contributed by atoms with E-state index in [9.17, 15) is 4.79 Å². The number of rotatable bonds is 5. The smallest absolute Gasteiger partial charge is 0.242 e. The minimum Gasteiger partial charge on any atom is -0.357 e. The predicted molar refractivity (Wildman–Crippen MR) is 123 cm³/mol. The standard InChI is InChI=1S/C20H33N5O.HI/c1-5-21-19(22-15-18(26)23-20(2,3)4)25-13-11-24(12-14-25)16-17-9-7-6-8-10-17;/h6-10H,5,11-16H2,1-4H3,(H,21,22)(H,23,26);1H. The summed E-state index contributed by atoms with van der Waals surface area (Å²) in [6, 6.07) is 10.6. The maximum Gasteiger partial charge on any atom is 0.242 e. The van der Waals surface area contributed by atoms with E-state index in [-0.39, 0.29) is 42.0 Å². The molecule has 2 rings (SSSR count). The summed E-state index contributed by atoms with van der Waals surface area (Å²) in [5.41, 5.74) is 1.12. The van der Waals surface area contributed by atoms with Crippen LogP contribution in [0.5, 0.6) is 0 Å². The van der Waals surface area contributed by atoms with Gasteiger partial charge in [-0.1, -0.05) is 30.3 Å². The Hall–Kier alpha value is -1.35. The fourth-order valence-corrected chi connectivity index (χ4v) is 2.99. The Labute approximate surface area is 180 Å². The average Bonchev–Trinajstić information content (AvgIpc) is 2.59. The van der Waals surface area contributed by atoms with Crippen molar-refractivity contribution in [1.29, 1.82) is 0 Å². The third-order valence-electron chi connectivity index (χ3n) is 4.14. The van der Waals surface area contributed by atoms with E-state index in [4.69, 9.17) is 0 Å². The largest absolute Gasteiger partial charge is 0.357 e. The number of halogens is 1. The topological polar surface area (TPSA) is 60.0 Å². The summed E-state index contributed by atoms with van der Waals surface area (Å²) in [4.78, 5) is 21.3. The second-order valence-corrected chi connectivity index (χ2v) is 7.72. The van der Waals surface area contributed by atoms with Crippen LogP contribution in [0.15, 0.2) is 35.3 Å². The zero-order valence-electron chi connectivity index (χ0n) is 17.0. The summed E-state index contributed by atoms with van der Waals surface area (Å²) in [6.45, 7) is 13.7. The van der Waals surface area contributed by atoms with E-state index in [0.29, 0.717) is 0 Å². The van der Waals surface area contributed by atoms with Gasteiger partial charge in [0, 0.05) is 44.8 Å². The van der Waals surface area contributed by atoms with Crippen molar-refractivity contribution in [2.45, 2.75) is 39.8 Å². The summed E-state index contributed by atoms with van der Waals surface area (Å²) in [5.74, 6) is 0.784. The van der Waals surface area contributed by atoms with Crippen molar-refractivity contribution in [3.05, 3.63) is 35.9 Å². The Morgan fingerprint density at radius 2 is 1.74 bits per heavy atom. The monoisotopic (exact) mass is 487 g/mol. The number of hydrogen-bond acceptors (Lipinski definition) is 3.